The van der Waals surface area contributed by atoms with Gasteiger partial charge in [-0.3, -0.25) is 4.79 Å². The maximum Gasteiger partial charge on any atom is 0.344 e. The molecule has 0 bridgehead atoms. The zero-order chi connectivity index (χ0) is 16.8. The van der Waals surface area contributed by atoms with Crippen molar-refractivity contribution in [3.63, 3.8) is 0 Å². The SMILES string of the molecule is CC(=O)CCC(=O)OCC(=O)OC(C)C1CCCC(C)(C)C1. The van der Waals surface area contributed by atoms with Crippen LogP contribution >= 0.6 is 0 Å². The van der Waals surface area contributed by atoms with Crippen molar-refractivity contribution in [2.24, 2.45) is 11.3 Å². The van der Waals surface area contributed by atoms with Crippen LogP contribution in [0.4, 0.5) is 0 Å². The number of carbonyl (C=O) groups excluding carboxylic acids is 3. The first kappa shape index (κ1) is 18.7. The van der Waals surface area contributed by atoms with Gasteiger partial charge >= 0.3 is 11.9 Å². The lowest BCUT2D eigenvalue weighted by Crippen LogP contribution is -2.33. The average molecular weight is 312 g/mol. The summed E-state index contributed by atoms with van der Waals surface area (Å²) in [5, 5.41) is 0. The maximum absolute atomic E-state index is 11.7. The van der Waals surface area contributed by atoms with Crippen molar-refractivity contribution in [3.8, 4) is 0 Å². The standard InChI is InChI=1S/C17H28O5/c1-12(18)7-8-15(19)21-11-16(20)22-13(2)14-6-5-9-17(3,4)10-14/h13-14H,5-11H2,1-4H3. The van der Waals surface area contributed by atoms with Crippen LogP contribution in [0.5, 0.6) is 0 Å². The third-order valence-corrected chi connectivity index (χ3v) is 4.26. The Morgan fingerprint density at radius 2 is 1.86 bits per heavy atom. The van der Waals surface area contributed by atoms with Crippen LogP contribution in [0.25, 0.3) is 0 Å². The Labute approximate surface area is 132 Å². The summed E-state index contributed by atoms with van der Waals surface area (Å²) in [4.78, 5) is 33.8. The molecular formula is C17H28O5. The van der Waals surface area contributed by atoms with Crippen LogP contribution in [0.3, 0.4) is 0 Å². The van der Waals surface area contributed by atoms with Gasteiger partial charge in [0.25, 0.3) is 0 Å². The fraction of sp³-hybridized carbons (Fsp3) is 0.824. The second-order valence-corrected chi connectivity index (χ2v) is 7.08. The molecule has 0 spiro atoms. The summed E-state index contributed by atoms with van der Waals surface area (Å²) in [6, 6.07) is 0. The average Bonchev–Trinajstić information content (AvgIpc) is 2.41. The molecular weight excluding hydrogens is 284 g/mol. The Bertz CT molecular complexity index is 413. The molecule has 0 radical (unpaired) electrons. The third-order valence-electron chi connectivity index (χ3n) is 4.26. The van der Waals surface area contributed by atoms with Crippen molar-refractivity contribution >= 4 is 17.7 Å². The summed E-state index contributed by atoms with van der Waals surface area (Å²) in [7, 11) is 0. The molecule has 0 aromatic carbocycles. The molecule has 1 aliphatic carbocycles. The molecule has 0 heterocycles. The van der Waals surface area contributed by atoms with Crippen LogP contribution in [-0.2, 0) is 23.9 Å². The van der Waals surface area contributed by atoms with E-state index in [1.807, 2.05) is 6.92 Å². The maximum atomic E-state index is 11.7. The molecule has 0 aromatic rings. The minimum Gasteiger partial charge on any atom is -0.460 e. The van der Waals surface area contributed by atoms with Crippen molar-refractivity contribution in [1.29, 1.82) is 0 Å². The Morgan fingerprint density at radius 1 is 1.18 bits per heavy atom. The molecule has 126 valence electrons. The normalized spacial score (nSPS) is 21.7. The zero-order valence-electron chi connectivity index (χ0n) is 14.1. The Kier molecular flexibility index (Phi) is 7.04. The van der Waals surface area contributed by atoms with Crippen molar-refractivity contribution in [2.75, 3.05) is 6.61 Å². The quantitative estimate of drug-likeness (QED) is 0.676. The Balaban J connectivity index is 2.29. The Morgan fingerprint density at radius 3 is 2.45 bits per heavy atom. The van der Waals surface area contributed by atoms with Crippen molar-refractivity contribution < 1.29 is 23.9 Å². The van der Waals surface area contributed by atoms with Gasteiger partial charge in [0.2, 0.25) is 0 Å². The van der Waals surface area contributed by atoms with Gasteiger partial charge in [0.1, 0.15) is 11.9 Å². The molecule has 1 aliphatic rings. The highest BCUT2D eigenvalue weighted by atomic mass is 16.6. The molecule has 5 heteroatoms. The molecule has 5 nitrogen and oxygen atoms in total. The number of hydrogen-bond acceptors (Lipinski definition) is 5. The minimum absolute atomic E-state index is 0.00891. The van der Waals surface area contributed by atoms with Crippen LogP contribution in [-0.4, -0.2) is 30.4 Å². The van der Waals surface area contributed by atoms with Crippen molar-refractivity contribution in [3.05, 3.63) is 0 Å². The molecule has 0 N–H and O–H groups in total. The second-order valence-electron chi connectivity index (χ2n) is 7.08. The number of carbonyl (C=O) groups is 3. The van der Waals surface area contributed by atoms with E-state index in [2.05, 4.69) is 13.8 Å². The Hall–Kier alpha value is -1.39. The van der Waals surface area contributed by atoms with Crippen LogP contribution in [0.1, 0.15) is 66.2 Å². The highest BCUT2D eigenvalue weighted by molar-refractivity contribution is 5.82. The molecule has 2 unspecified atom stereocenters. The van der Waals surface area contributed by atoms with E-state index in [1.165, 1.54) is 13.3 Å². The number of ketones is 1. The zero-order valence-corrected chi connectivity index (χ0v) is 14.1. The molecule has 1 rings (SSSR count). The number of ether oxygens (including phenoxy) is 2. The first-order chi connectivity index (χ1) is 10.2. The fourth-order valence-corrected chi connectivity index (χ4v) is 2.98. The van der Waals surface area contributed by atoms with Gasteiger partial charge in [-0.25, -0.2) is 4.79 Å². The number of esters is 2. The van der Waals surface area contributed by atoms with Gasteiger partial charge in [0.05, 0.1) is 6.42 Å². The van der Waals surface area contributed by atoms with Crippen molar-refractivity contribution in [1.82, 2.24) is 0 Å². The van der Waals surface area contributed by atoms with E-state index in [9.17, 15) is 14.4 Å². The van der Waals surface area contributed by atoms with E-state index in [0.29, 0.717) is 11.3 Å². The van der Waals surface area contributed by atoms with Gasteiger partial charge in [0, 0.05) is 6.42 Å². The molecule has 0 aromatic heterocycles. The highest BCUT2D eigenvalue weighted by Crippen LogP contribution is 2.40. The van der Waals surface area contributed by atoms with Crippen LogP contribution in [0, 0.1) is 11.3 Å². The van der Waals surface area contributed by atoms with Gasteiger partial charge in [-0.2, -0.15) is 0 Å². The lowest BCUT2D eigenvalue weighted by atomic mass is 9.71. The monoisotopic (exact) mass is 312 g/mol. The molecule has 22 heavy (non-hydrogen) atoms. The van der Waals surface area contributed by atoms with Gasteiger partial charge < -0.3 is 14.3 Å². The molecule has 2 atom stereocenters. The van der Waals surface area contributed by atoms with Gasteiger partial charge in [-0.15, -0.1) is 0 Å². The topological polar surface area (TPSA) is 69.7 Å². The molecule has 0 aliphatic heterocycles. The van der Waals surface area contributed by atoms with Gasteiger partial charge in [0.15, 0.2) is 6.61 Å². The van der Waals surface area contributed by atoms with E-state index >= 15 is 0 Å². The van der Waals surface area contributed by atoms with Gasteiger partial charge in [-0.05, 0) is 44.4 Å². The van der Waals surface area contributed by atoms with Crippen LogP contribution < -0.4 is 0 Å². The summed E-state index contributed by atoms with van der Waals surface area (Å²) in [5.74, 6) is -0.778. The summed E-state index contributed by atoms with van der Waals surface area (Å²) >= 11 is 0. The van der Waals surface area contributed by atoms with Crippen LogP contribution in [0.15, 0.2) is 0 Å². The summed E-state index contributed by atoms with van der Waals surface area (Å²) in [5.41, 5.74) is 0.294. The summed E-state index contributed by atoms with van der Waals surface area (Å²) in [6.07, 6.45) is 4.45. The summed E-state index contributed by atoms with van der Waals surface area (Å²) in [6.45, 7) is 7.42. The third kappa shape index (κ3) is 7.05. The number of hydrogen-bond donors (Lipinski definition) is 0. The fourth-order valence-electron chi connectivity index (χ4n) is 2.98. The smallest absolute Gasteiger partial charge is 0.344 e. The molecule has 0 saturated heterocycles. The largest absolute Gasteiger partial charge is 0.460 e. The molecule has 1 saturated carbocycles. The van der Waals surface area contributed by atoms with Crippen molar-refractivity contribution in [2.45, 2.75) is 72.3 Å². The van der Waals surface area contributed by atoms with E-state index < -0.39 is 11.9 Å². The van der Waals surface area contributed by atoms with Crippen LogP contribution in [0.2, 0.25) is 0 Å². The minimum atomic E-state index is -0.543. The van der Waals surface area contributed by atoms with E-state index in [-0.39, 0.29) is 31.3 Å². The highest BCUT2D eigenvalue weighted by Gasteiger charge is 2.32. The van der Waals surface area contributed by atoms with E-state index in [4.69, 9.17) is 9.47 Å². The predicted octanol–water partition coefficient (Wildman–Crippen LogP) is 3.05. The predicted molar refractivity (Wildman–Crippen MR) is 82.2 cm³/mol. The lowest BCUT2D eigenvalue weighted by molar-refractivity contribution is -0.164. The van der Waals surface area contributed by atoms with E-state index in [0.717, 1.165) is 19.3 Å². The summed E-state index contributed by atoms with van der Waals surface area (Å²) < 4.78 is 10.2. The first-order valence-electron chi connectivity index (χ1n) is 8.04. The number of rotatable bonds is 7. The number of Topliss-reactive ketones (excluding diaryl/α,β-unsaturated/α-hetero) is 1. The van der Waals surface area contributed by atoms with E-state index in [1.54, 1.807) is 0 Å². The van der Waals surface area contributed by atoms with Gasteiger partial charge in [-0.1, -0.05) is 20.3 Å². The second kappa shape index (κ2) is 8.30. The lowest BCUT2D eigenvalue weighted by Gasteiger charge is -2.37. The molecule has 0 amide bonds. The first-order valence-corrected chi connectivity index (χ1v) is 8.04. The molecule has 1 fully saturated rings.